The Labute approximate surface area is 161 Å². The molecule has 2 aromatic rings. The highest BCUT2D eigenvalue weighted by Crippen LogP contribution is 2.28. The van der Waals surface area contributed by atoms with Crippen molar-refractivity contribution in [2.75, 3.05) is 5.32 Å². The molecule has 0 bridgehead atoms. The van der Waals surface area contributed by atoms with Gasteiger partial charge in [-0.2, -0.15) is 0 Å². The molecule has 0 radical (unpaired) electrons. The summed E-state index contributed by atoms with van der Waals surface area (Å²) in [4.78, 5) is 34.7. The van der Waals surface area contributed by atoms with E-state index >= 15 is 0 Å². The third-order valence-corrected chi connectivity index (χ3v) is 4.93. The maximum Gasteiger partial charge on any atom is 0.308 e. The second-order valence-corrected chi connectivity index (χ2v) is 6.78. The highest BCUT2D eigenvalue weighted by atomic mass is 16.6. The van der Waals surface area contributed by atoms with Crippen LogP contribution in [0.5, 0.6) is 0 Å². The molecule has 146 valence electrons. The van der Waals surface area contributed by atoms with Crippen LogP contribution in [0.15, 0.2) is 48.5 Å². The van der Waals surface area contributed by atoms with Gasteiger partial charge in [0.05, 0.1) is 10.8 Å². The van der Waals surface area contributed by atoms with Gasteiger partial charge in [0.25, 0.3) is 11.6 Å². The van der Waals surface area contributed by atoms with Crippen LogP contribution in [0.2, 0.25) is 0 Å². The van der Waals surface area contributed by atoms with Crippen LogP contribution in [0.1, 0.15) is 35.2 Å². The van der Waals surface area contributed by atoms with Crippen LogP contribution in [0.4, 0.5) is 11.4 Å². The van der Waals surface area contributed by atoms with Crippen molar-refractivity contribution in [3.63, 3.8) is 0 Å². The number of nitro benzene ring substituents is 1. The Bertz CT molecular complexity index is 885. The molecule has 0 aliphatic heterocycles. The molecule has 0 saturated heterocycles. The van der Waals surface area contributed by atoms with E-state index in [1.165, 1.54) is 18.2 Å². The molecule has 1 saturated carbocycles. The average Bonchev–Trinajstić information content (AvgIpc) is 3.15. The van der Waals surface area contributed by atoms with Crippen molar-refractivity contribution in [3.05, 3.63) is 69.8 Å². The molecule has 1 fully saturated rings. The number of carboxylic acids is 1. The monoisotopic (exact) mass is 383 g/mol. The number of carbonyl (C=O) groups excluding carboxylic acids is 1. The van der Waals surface area contributed by atoms with Crippen LogP contribution < -0.4 is 10.6 Å². The lowest BCUT2D eigenvalue weighted by molar-refractivity contribution is -0.384. The number of hydrogen-bond acceptors (Lipinski definition) is 5. The van der Waals surface area contributed by atoms with Crippen LogP contribution in [-0.4, -0.2) is 27.9 Å². The number of nitrogens with one attached hydrogen (secondary N) is 2. The standard InChI is InChI=1S/C20H21N3O5/c24-19(22-16-8-4-7-15(16)20(25)26)14-9-10-17(18(11-14)23(27)28)21-12-13-5-2-1-3-6-13/h1-3,5-6,9-11,15-16,21H,4,7-8,12H2,(H,22,24)(H,25,26)/t15-,16+/m1/s1. The van der Waals surface area contributed by atoms with E-state index in [2.05, 4.69) is 10.6 Å². The quantitative estimate of drug-likeness (QED) is 0.499. The van der Waals surface area contributed by atoms with Crippen molar-refractivity contribution < 1.29 is 19.6 Å². The van der Waals surface area contributed by atoms with Gasteiger partial charge in [0.2, 0.25) is 0 Å². The molecule has 1 aliphatic rings. The molecule has 0 heterocycles. The van der Waals surface area contributed by atoms with Gasteiger partial charge >= 0.3 is 5.97 Å². The number of carbonyl (C=O) groups is 2. The van der Waals surface area contributed by atoms with Gasteiger partial charge in [0.1, 0.15) is 5.69 Å². The number of hydrogen-bond donors (Lipinski definition) is 3. The summed E-state index contributed by atoms with van der Waals surface area (Å²) in [5.74, 6) is -2.06. The van der Waals surface area contributed by atoms with Gasteiger partial charge in [0.15, 0.2) is 0 Å². The van der Waals surface area contributed by atoms with E-state index in [1.54, 1.807) is 0 Å². The van der Waals surface area contributed by atoms with Crippen molar-refractivity contribution in [2.24, 2.45) is 5.92 Å². The Hall–Kier alpha value is -3.42. The first-order chi connectivity index (χ1) is 13.5. The largest absolute Gasteiger partial charge is 0.481 e. The van der Waals surface area contributed by atoms with Crippen molar-refractivity contribution in [2.45, 2.75) is 31.8 Å². The summed E-state index contributed by atoms with van der Waals surface area (Å²) in [6, 6.07) is 13.2. The summed E-state index contributed by atoms with van der Waals surface area (Å²) < 4.78 is 0. The third kappa shape index (κ3) is 4.46. The Morgan fingerprint density at radius 2 is 1.89 bits per heavy atom. The first-order valence-electron chi connectivity index (χ1n) is 9.05. The second kappa shape index (κ2) is 8.51. The lowest BCUT2D eigenvalue weighted by Crippen LogP contribution is -2.40. The van der Waals surface area contributed by atoms with E-state index in [9.17, 15) is 24.8 Å². The number of aliphatic carboxylic acids is 1. The van der Waals surface area contributed by atoms with E-state index in [0.717, 1.165) is 12.0 Å². The first-order valence-corrected chi connectivity index (χ1v) is 9.05. The number of benzene rings is 2. The number of amides is 1. The van der Waals surface area contributed by atoms with E-state index in [0.29, 0.717) is 25.1 Å². The molecule has 1 aliphatic carbocycles. The highest BCUT2D eigenvalue weighted by molar-refractivity contribution is 5.96. The number of nitro groups is 1. The zero-order valence-electron chi connectivity index (χ0n) is 15.1. The molecule has 2 aromatic carbocycles. The summed E-state index contributed by atoms with van der Waals surface area (Å²) in [5, 5.41) is 26.4. The van der Waals surface area contributed by atoms with Crippen LogP contribution in [-0.2, 0) is 11.3 Å². The average molecular weight is 383 g/mol. The lowest BCUT2D eigenvalue weighted by Gasteiger charge is -2.17. The van der Waals surface area contributed by atoms with Gasteiger partial charge in [-0.15, -0.1) is 0 Å². The predicted molar refractivity (Wildman–Crippen MR) is 103 cm³/mol. The molecule has 0 aromatic heterocycles. The Morgan fingerprint density at radius 3 is 2.57 bits per heavy atom. The second-order valence-electron chi connectivity index (χ2n) is 6.78. The Kier molecular flexibility index (Phi) is 5.88. The molecule has 0 spiro atoms. The van der Waals surface area contributed by atoms with E-state index in [1.807, 2.05) is 30.3 Å². The van der Waals surface area contributed by atoms with Crippen LogP contribution in [0.25, 0.3) is 0 Å². The van der Waals surface area contributed by atoms with Crippen LogP contribution >= 0.6 is 0 Å². The number of carboxylic acid groups (broad SMARTS) is 1. The highest BCUT2D eigenvalue weighted by Gasteiger charge is 2.34. The summed E-state index contributed by atoms with van der Waals surface area (Å²) in [7, 11) is 0. The van der Waals surface area contributed by atoms with Gasteiger partial charge in [-0.1, -0.05) is 36.8 Å². The first kappa shape index (κ1) is 19.3. The Morgan fingerprint density at radius 1 is 1.14 bits per heavy atom. The number of anilines is 1. The summed E-state index contributed by atoms with van der Waals surface area (Å²) in [6.45, 7) is 0.412. The van der Waals surface area contributed by atoms with Crippen molar-refractivity contribution in [3.8, 4) is 0 Å². The molecule has 28 heavy (non-hydrogen) atoms. The lowest BCUT2D eigenvalue weighted by atomic mass is 10.0. The molecule has 1 amide bonds. The maximum atomic E-state index is 12.5. The van der Waals surface area contributed by atoms with Crippen molar-refractivity contribution in [1.82, 2.24) is 5.32 Å². The minimum atomic E-state index is -0.936. The fourth-order valence-corrected chi connectivity index (χ4v) is 3.45. The van der Waals surface area contributed by atoms with Crippen molar-refractivity contribution >= 4 is 23.3 Å². The van der Waals surface area contributed by atoms with Crippen LogP contribution in [0.3, 0.4) is 0 Å². The fraction of sp³-hybridized carbons (Fsp3) is 0.300. The maximum absolute atomic E-state index is 12.5. The van der Waals surface area contributed by atoms with Gasteiger partial charge in [0, 0.05) is 24.2 Å². The molecule has 8 nitrogen and oxygen atoms in total. The summed E-state index contributed by atoms with van der Waals surface area (Å²) >= 11 is 0. The molecule has 2 atom stereocenters. The van der Waals surface area contributed by atoms with Crippen molar-refractivity contribution in [1.29, 1.82) is 0 Å². The molecule has 0 unspecified atom stereocenters. The summed E-state index contributed by atoms with van der Waals surface area (Å²) in [5.41, 5.74) is 1.21. The normalized spacial score (nSPS) is 18.4. The zero-order chi connectivity index (χ0) is 20.1. The molecular formula is C20H21N3O5. The molecule has 3 rings (SSSR count). The molecular weight excluding hydrogens is 362 g/mol. The minimum absolute atomic E-state index is 0.132. The van der Waals surface area contributed by atoms with E-state index in [-0.39, 0.29) is 11.3 Å². The third-order valence-electron chi connectivity index (χ3n) is 4.93. The van der Waals surface area contributed by atoms with E-state index in [4.69, 9.17) is 0 Å². The predicted octanol–water partition coefficient (Wildman–Crippen LogP) is 3.19. The van der Waals surface area contributed by atoms with Gasteiger partial charge in [-0.3, -0.25) is 19.7 Å². The Balaban J connectivity index is 1.73. The number of nitrogens with zero attached hydrogens (tertiary/aromatic N) is 1. The topological polar surface area (TPSA) is 122 Å². The van der Waals surface area contributed by atoms with Gasteiger partial charge < -0.3 is 15.7 Å². The summed E-state index contributed by atoms with van der Waals surface area (Å²) in [6.07, 6.45) is 1.83. The van der Waals surface area contributed by atoms with Gasteiger partial charge in [-0.05, 0) is 30.5 Å². The minimum Gasteiger partial charge on any atom is -0.481 e. The number of rotatable bonds is 7. The SMILES string of the molecule is O=C(N[C@H]1CCC[C@H]1C(=O)O)c1ccc(NCc2ccccc2)c([N+](=O)[O-])c1. The fourth-order valence-electron chi connectivity index (χ4n) is 3.45. The molecule has 3 N–H and O–H groups in total. The zero-order valence-corrected chi connectivity index (χ0v) is 15.1. The van der Waals surface area contributed by atoms with E-state index < -0.39 is 28.8 Å². The van der Waals surface area contributed by atoms with Crippen LogP contribution in [0, 0.1) is 16.0 Å². The molecule has 8 heteroatoms. The van der Waals surface area contributed by atoms with Gasteiger partial charge in [-0.25, -0.2) is 0 Å². The smallest absolute Gasteiger partial charge is 0.308 e.